The van der Waals surface area contributed by atoms with Gasteiger partial charge >= 0.3 is 5.97 Å². The first-order valence-electron chi connectivity index (χ1n) is 6.95. The number of nitrogens with one attached hydrogen (secondary N) is 1. The van der Waals surface area contributed by atoms with Gasteiger partial charge in [0.15, 0.2) is 0 Å². The van der Waals surface area contributed by atoms with Gasteiger partial charge in [-0.3, -0.25) is 0 Å². The van der Waals surface area contributed by atoms with E-state index in [0.29, 0.717) is 13.1 Å². The van der Waals surface area contributed by atoms with Crippen LogP contribution in [0.25, 0.3) is 0 Å². The summed E-state index contributed by atoms with van der Waals surface area (Å²) >= 11 is 6.01. The fraction of sp³-hybridized carbons (Fsp3) is 0.500. The van der Waals surface area contributed by atoms with Crippen LogP contribution in [-0.2, 0) is 14.8 Å². The van der Waals surface area contributed by atoms with Gasteiger partial charge in [0.05, 0.1) is 22.6 Å². The Hall–Kier alpha value is -1.15. The van der Waals surface area contributed by atoms with E-state index in [0.717, 1.165) is 12.8 Å². The molecule has 2 rings (SSSR count). The van der Waals surface area contributed by atoms with Crippen molar-refractivity contribution < 1.29 is 17.9 Å². The number of carbonyl (C=O) groups excluding carboxylic acids is 1. The summed E-state index contributed by atoms with van der Waals surface area (Å²) < 4.78 is 31.4. The fourth-order valence-corrected chi connectivity index (χ4v) is 4.35. The molecule has 1 atom stereocenters. The van der Waals surface area contributed by atoms with Crippen LogP contribution < -0.4 is 5.32 Å². The number of halogens is 1. The van der Waals surface area contributed by atoms with E-state index in [1.807, 2.05) is 7.05 Å². The minimum absolute atomic E-state index is 0.0649. The third-order valence-electron chi connectivity index (χ3n) is 3.78. The van der Waals surface area contributed by atoms with E-state index in [9.17, 15) is 13.2 Å². The number of rotatable bonds is 4. The highest BCUT2D eigenvalue weighted by Crippen LogP contribution is 2.25. The van der Waals surface area contributed by atoms with E-state index < -0.39 is 16.0 Å². The molecule has 8 heteroatoms. The molecule has 1 heterocycles. The second-order valence-electron chi connectivity index (χ2n) is 5.12. The highest BCUT2D eigenvalue weighted by Gasteiger charge is 2.30. The summed E-state index contributed by atoms with van der Waals surface area (Å²) in [5, 5.41) is 3.17. The van der Waals surface area contributed by atoms with Crippen molar-refractivity contribution in [1.29, 1.82) is 0 Å². The molecule has 22 heavy (non-hydrogen) atoms. The molecule has 1 fully saturated rings. The molecule has 0 radical (unpaired) electrons. The summed E-state index contributed by atoms with van der Waals surface area (Å²) in [7, 11) is -0.553. The molecular weight excluding hydrogens is 328 g/mol. The molecule has 0 aromatic heterocycles. The summed E-state index contributed by atoms with van der Waals surface area (Å²) in [6.07, 6.45) is 1.75. The van der Waals surface area contributed by atoms with Crippen LogP contribution in [0.2, 0.25) is 5.02 Å². The van der Waals surface area contributed by atoms with Gasteiger partial charge in [0.25, 0.3) is 0 Å². The van der Waals surface area contributed by atoms with Crippen molar-refractivity contribution in [2.45, 2.75) is 23.8 Å². The molecule has 1 aromatic rings. The molecule has 1 unspecified atom stereocenters. The van der Waals surface area contributed by atoms with Crippen LogP contribution >= 0.6 is 11.6 Å². The van der Waals surface area contributed by atoms with Gasteiger partial charge in [-0.1, -0.05) is 11.6 Å². The van der Waals surface area contributed by atoms with Crippen LogP contribution in [0, 0.1) is 0 Å². The Balaban J connectivity index is 2.30. The number of methoxy groups -OCH3 is 1. The summed E-state index contributed by atoms with van der Waals surface area (Å²) in [6.45, 7) is 0.909. The number of hydrogen-bond acceptors (Lipinski definition) is 5. The van der Waals surface area contributed by atoms with E-state index >= 15 is 0 Å². The quantitative estimate of drug-likeness (QED) is 0.836. The molecule has 122 valence electrons. The molecule has 0 saturated carbocycles. The maximum absolute atomic E-state index is 12.7. The molecule has 0 amide bonds. The van der Waals surface area contributed by atoms with Gasteiger partial charge in [0, 0.05) is 19.1 Å². The second-order valence-corrected chi connectivity index (χ2v) is 7.47. The molecular formula is C14H19ClN2O4S. The second kappa shape index (κ2) is 6.95. The van der Waals surface area contributed by atoms with Crippen molar-refractivity contribution in [1.82, 2.24) is 9.62 Å². The SMILES string of the molecule is CNC1CCCN(S(=O)(=O)c2ccc(C(=O)OC)c(Cl)c2)C1. The number of nitrogens with zero attached hydrogens (tertiary/aromatic N) is 1. The number of hydrogen-bond donors (Lipinski definition) is 1. The molecule has 1 aliphatic rings. The van der Waals surface area contributed by atoms with Gasteiger partial charge in [-0.25, -0.2) is 13.2 Å². The van der Waals surface area contributed by atoms with Gasteiger partial charge in [0.2, 0.25) is 10.0 Å². The Kier molecular flexibility index (Phi) is 5.44. The molecule has 1 N–H and O–H groups in total. The van der Waals surface area contributed by atoms with Gasteiger partial charge in [-0.05, 0) is 38.1 Å². The first-order valence-corrected chi connectivity index (χ1v) is 8.77. The molecule has 0 aliphatic carbocycles. The smallest absolute Gasteiger partial charge is 0.339 e. The largest absolute Gasteiger partial charge is 0.465 e. The van der Waals surface area contributed by atoms with Crippen molar-refractivity contribution in [3.63, 3.8) is 0 Å². The topological polar surface area (TPSA) is 75.7 Å². The van der Waals surface area contributed by atoms with Crippen LogP contribution in [0.3, 0.4) is 0 Å². The summed E-state index contributed by atoms with van der Waals surface area (Å²) in [5.41, 5.74) is 0.148. The maximum atomic E-state index is 12.7. The minimum atomic E-state index is -3.62. The molecule has 0 bridgehead atoms. The Bertz CT molecular complexity index is 663. The van der Waals surface area contributed by atoms with E-state index in [-0.39, 0.29) is 21.5 Å². The number of sulfonamides is 1. The normalized spacial score (nSPS) is 19.9. The Morgan fingerprint density at radius 1 is 1.45 bits per heavy atom. The van der Waals surface area contributed by atoms with Crippen molar-refractivity contribution in [2.24, 2.45) is 0 Å². The third kappa shape index (κ3) is 3.43. The molecule has 6 nitrogen and oxygen atoms in total. The van der Waals surface area contributed by atoms with Crippen LogP contribution in [0.4, 0.5) is 0 Å². The van der Waals surface area contributed by atoms with Crippen LogP contribution in [0.1, 0.15) is 23.2 Å². The van der Waals surface area contributed by atoms with Crippen molar-refractivity contribution in [2.75, 3.05) is 27.2 Å². The lowest BCUT2D eigenvalue weighted by Gasteiger charge is -2.31. The van der Waals surface area contributed by atoms with Gasteiger partial charge < -0.3 is 10.1 Å². The summed E-state index contributed by atoms with van der Waals surface area (Å²) in [4.78, 5) is 11.6. The average molecular weight is 347 g/mol. The summed E-state index contributed by atoms with van der Waals surface area (Å²) in [6, 6.07) is 4.21. The number of carbonyl (C=O) groups is 1. The predicted molar refractivity (Wildman–Crippen MR) is 83.6 cm³/mol. The molecule has 1 aromatic carbocycles. The molecule has 1 aliphatic heterocycles. The van der Waals surface area contributed by atoms with E-state index in [1.165, 1.54) is 29.6 Å². The fourth-order valence-electron chi connectivity index (χ4n) is 2.48. The minimum Gasteiger partial charge on any atom is -0.465 e. The van der Waals surface area contributed by atoms with Gasteiger partial charge in [-0.2, -0.15) is 4.31 Å². The highest BCUT2D eigenvalue weighted by atomic mass is 35.5. The Morgan fingerprint density at radius 2 is 2.18 bits per heavy atom. The summed E-state index contributed by atoms with van der Waals surface area (Å²) in [5.74, 6) is -0.595. The monoisotopic (exact) mass is 346 g/mol. The zero-order chi connectivity index (χ0) is 16.3. The maximum Gasteiger partial charge on any atom is 0.339 e. The number of benzene rings is 1. The van der Waals surface area contributed by atoms with E-state index in [4.69, 9.17) is 11.6 Å². The molecule has 1 saturated heterocycles. The number of esters is 1. The lowest BCUT2D eigenvalue weighted by Crippen LogP contribution is -2.46. The Labute approximate surface area is 135 Å². The number of likely N-dealkylation sites (N-methyl/N-ethyl adjacent to an activating group) is 1. The Morgan fingerprint density at radius 3 is 2.77 bits per heavy atom. The standard InChI is InChI=1S/C14H19ClN2O4S/c1-16-10-4-3-7-17(9-10)22(19,20)11-5-6-12(13(15)8-11)14(18)21-2/h5-6,8,10,16H,3-4,7,9H2,1-2H3. The van der Waals surface area contributed by atoms with Crippen molar-refractivity contribution >= 4 is 27.6 Å². The van der Waals surface area contributed by atoms with Crippen LogP contribution in [-0.4, -0.2) is 52.0 Å². The third-order valence-corrected chi connectivity index (χ3v) is 5.95. The van der Waals surface area contributed by atoms with Crippen LogP contribution in [0.15, 0.2) is 23.1 Å². The predicted octanol–water partition coefficient (Wildman–Crippen LogP) is 1.50. The first kappa shape index (κ1) is 17.2. The number of ether oxygens (including phenoxy) is 1. The number of piperidine rings is 1. The molecule has 0 spiro atoms. The van der Waals surface area contributed by atoms with Crippen molar-refractivity contribution in [3.05, 3.63) is 28.8 Å². The average Bonchev–Trinajstić information content (AvgIpc) is 2.54. The van der Waals surface area contributed by atoms with E-state index in [2.05, 4.69) is 10.1 Å². The zero-order valence-electron chi connectivity index (χ0n) is 12.5. The van der Waals surface area contributed by atoms with Gasteiger partial charge in [-0.15, -0.1) is 0 Å². The zero-order valence-corrected chi connectivity index (χ0v) is 14.1. The van der Waals surface area contributed by atoms with Gasteiger partial charge in [0.1, 0.15) is 0 Å². The van der Waals surface area contributed by atoms with Crippen molar-refractivity contribution in [3.8, 4) is 0 Å². The lowest BCUT2D eigenvalue weighted by molar-refractivity contribution is 0.0601. The van der Waals surface area contributed by atoms with Crippen LogP contribution in [0.5, 0.6) is 0 Å². The first-order chi connectivity index (χ1) is 10.4. The van der Waals surface area contributed by atoms with E-state index in [1.54, 1.807) is 0 Å². The highest BCUT2D eigenvalue weighted by molar-refractivity contribution is 7.89. The lowest BCUT2D eigenvalue weighted by atomic mass is 10.1.